The summed E-state index contributed by atoms with van der Waals surface area (Å²) in [7, 11) is -1.66. The Labute approximate surface area is 172 Å². The molecule has 3 aliphatic rings. The first kappa shape index (κ1) is 21.9. The van der Waals surface area contributed by atoms with Gasteiger partial charge in [-0.05, 0) is 96.4 Å². The summed E-state index contributed by atoms with van der Waals surface area (Å²) in [5, 5.41) is 0. The van der Waals surface area contributed by atoms with Crippen LogP contribution in [0.15, 0.2) is 0 Å². The molecule has 3 rings (SSSR count). The number of rotatable bonds is 4. The van der Waals surface area contributed by atoms with E-state index < -0.39 is 8.07 Å². The second-order valence-corrected chi connectivity index (χ2v) is 14.7. The molecule has 0 aromatic rings. The van der Waals surface area contributed by atoms with E-state index in [2.05, 4.69) is 80.8 Å². The van der Waals surface area contributed by atoms with Gasteiger partial charge in [0.2, 0.25) is 0 Å². The van der Waals surface area contributed by atoms with Crippen LogP contribution in [0.3, 0.4) is 0 Å². The van der Waals surface area contributed by atoms with Crippen molar-refractivity contribution in [3.8, 4) is 0 Å². The fourth-order valence-corrected chi connectivity index (χ4v) is 9.53. The van der Waals surface area contributed by atoms with Gasteiger partial charge >= 0.3 is 0 Å². The molecule has 0 aromatic carbocycles. The molecule has 0 spiro atoms. The van der Waals surface area contributed by atoms with Crippen molar-refractivity contribution in [3.05, 3.63) is 59.9 Å². The van der Waals surface area contributed by atoms with Crippen LogP contribution in [0.5, 0.6) is 0 Å². The van der Waals surface area contributed by atoms with Crippen LogP contribution in [0.2, 0.25) is 13.1 Å². The molecule has 148 valence electrons. The van der Waals surface area contributed by atoms with Crippen LogP contribution in [0.1, 0.15) is 67.7 Å². The summed E-state index contributed by atoms with van der Waals surface area (Å²) in [6, 6.07) is 0. The molecule has 0 bridgehead atoms. The van der Waals surface area contributed by atoms with Crippen molar-refractivity contribution in [2.24, 2.45) is 23.7 Å². The summed E-state index contributed by atoms with van der Waals surface area (Å²) < 4.78 is 0. The second-order valence-electron chi connectivity index (χ2n) is 10.4. The van der Waals surface area contributed by atoms with E-state index in [4.69, 9.17) is 0 Å². The van der Waals surface area contributed by atoms with Crippen molar-refractivity contribution in [1.29, 1.82) is 0 Å². The van der Waals surface area contributed by atoms with E-state index in [0.29, 0.717) is 0 Å². The van der Waals surface area contributed by atoms with Gasteiger partial charge in [0.25, 0.3) is 0 Å². The van der Waals surface area contributed by atoms with Gasteiger partial charge in [0.1, 0.15) is 0 Å². The van der Waals surface area contributed by atoms with E-state index in [-0.39, 0.29) is 0 Å². The molecule has 0 amide bonds. The zero-order valence-electron chi connectivity index (χ0n) is 19.2. The van der Waals surface area contributed by atoms with Crippen LogP contribution in [0.4, 0.5) is 0 Å². The number of hydrogen-bond acceptors (Lipinski definition) is 0. The minimum Gasteiger partial charge on any atom is -0.0685 e. The largest absolute Gasteiger partial charge is 0.0685 e. The molecule has 1 heteroatoms. The van der Waals surface area contributed by atoms with E-state index in [9.17, 15) is 0 Å². The van der Waals surface area contributed by atoms with E-state index in [0.717, 1.165) is 23.7 Å². The summed E-state index contributed by atoms with van der Waals surface area (Å²) in [5.74, 6) is 11.0. The van der Waals surface area contributed by atoms with Crippen molar-refractivity contribution < 1.29 is 0 Å². The Balaban J connectivity index is 1.72. The minimum absolute atomic E-state index is 0.762. The van der Waals surface area contributed by atoms with Crippen LogP contribution in [0.25, 0.3) is 0 Å². The highest BCUT2D eigenvalue weighted by molar-refractivity contribution is 6.90. The molecule has 0 heterocycles. The van der Waals surface area contributed by atoms with Gasteiger partial charge in [-0.1, -0.05) is 68.0 Å². The van der Waals surface area contributed by atoms with Crippen LogP contribution in [-0.4, -0.2) is 8.07 Å². The topological polar surface area (TPSA) is 0 Å². The molecule has 0 aliphatic heterocycles. The van der Waals surface area contributed by atoms with Crippen molar-refractivity contribution >= 4 is 8.07 Å². The van der Waals surface area contributed by atoms with Crippen LogP contribution in [0, 0.1) is 83.6 Å². The lowest BCUT2D eigenvalue weighted by atomic mass is 9.65. The normalized spacial score (nSPS) is 35.1. The van der Waals surface area contributed by atoms with E-state index >= 15 is 0 Å². The smallest absolute Gasteiger partial charge is 0.0626 e. The quantitative estimate of drug-likeness (QED) is 0.451. The monoisotopic (exact) mass is 380 g/mol. The molecule has 3 saturated carbocycles. The Morgan fingerprint density at radius 3 is 2.04 bits per heavy atom. The zero-order valence-corrected chi connectivity index (χ0v) is 20.2. The maximum atomic E-state index is 2.61. The molecule has 10 radical (unpaired) electrons. The summed E-state index contributed by atoms with van der Waals surface area (Å²) in [5.41, 5.74) is 3.32. The van der Waals surface area contributed by atoms with Crippen molar-refractivity contribution in [2.45, 2.75) is 80.8 Å². The summed E-state index contributed by atoms with van der Waals surface area (Å²) in [6.07, 6.45) is 11.8. The molecule has 3 fully saturated rings. The SMILES string of the molecule is C[C]1[C](C)[C](C)[C]([Si](C)(C)[C]2[CH][CH][C]([C@H]3C[C@H](C)CC[C@H]3C(C)C)[CH]2)[C]1C. The molecule has 0 N–H and O–H groups in total. The fraction of sp³-hybridized carbons (Fsp3) is 0.615. The Kier molecular flexibility index (Phi) is 6.62. The molecule has 0 saturated heterocycles. The van der Waals surface area contributed by atoms with Gasteiger partial charge in [-0.2, -0.15) is 0 Å². The van der Waals surface area contributed by atoms with Crippen molar-refractivity contribution in [1.82, 2.24) is 0 Å². The second kappa shape index (κ2) is 8.15. The van der Waals surface area contributed by atoms with Gasteiger partial charge in [-0.15, -0.1) is 0 Å². The van der Waals surface area contributed by atoms with E-state index in [1.807, 2.05) is 0 Å². The molecule has 27 heavy (non-hydrogen) atoms. The summed E-state index contributed by atoms with van der Waals surface area (Å²) >= 11 is 0. The molecule has 0 unspecified atom stereocenters. The third-order valence-electron chi connectivity index (χ3n) is 8.01. The van der Waals surface area contributed by atoms with Crippen molar-refractivity contribution in [3.63, 3.8) is 0 Å². The van der Waals surface area contributed by atoms with Gasteiger partial charge < -0.3 is 0 Å². The van der Waals surface area contributed by atoms with Crippen LogP contribution < -0.4 is 0 Å². The first-order valence-electron chi connectivity index (χ1n) is 11.1. The molecule has 3 aliphatic carbocycles. The third kappa shape index (κ3) is 3.97. The Bertz CT molecular complexity index is 480. The lowest BCUT2D eigenvalue weighted by molar-refractivity contribution is 0.159. The average molecular weight is 381 g/mol. The first-order chi connectivity index (χ1) is 12.6. The Morgan fingerprint density at radius 1 is 0.889 bits per heavy atom. The first-order valence-corrected chi connectivity index (χ1v) is 14.1. The Morgan fingerprint density at radius 2 is 1.48 bits per heavy atom. The highest BCUT2D eigenvalue weighted by Gasteiger charge is 2.55. The van der Waals surface area contributed by atoms with Crippen molar-refractivity contribution in [2.75, 3.05) is 0 Å². The van der Waals surface area contributed by atoms with Gasteiger partial charge in [-0.25, -0.2) is 0 Å². The van der Waals surface area contributed by atoms with Gasteiger partial charge in [-0.3, -0.25) is 0 Å². The van der Waals surface area contributed by atoms with E-state index in [1.54, 1.807) is 28.8 Å². The van der Waals surface area contributed by atoms with Crippen LogP contribution in [-0.2, 0) is 0 Å². The zero-order chi connectivity index (χ0) is 20.1. The van der Waals surface area contributed by atoms with Gasteiger partial charge in [0.05, 0.1) is 8.07 Å². The molecule has 0 nitrogen and oxygen atoms in total. The highest BCUT2D eigenvalue weighted by atomic mass is 28.3. The van der Waals surface area contributed by atoms with E-state index in [1.165, 1.54) is 31.1 Å². The summed E-state index contributed by atoms with van der Waals surface area (Å²) in [6.45, 7) is 21.7. The maximum absolute atomic E-state index is 2.61. The fourth-order valence-electron chi connectivity index (χ4n) is 5.97. The van der Waals surface area contributed by atoms with Gasteiger partial charge in [0, 0.05) is 0 Å². The predicted octanol–water partition coefficient (Wildman–Crippen LogP) is 7.22. The molecule has 3 atom stereocenters. The minimum atomic E-state index is -1.66. The molecular formula is C26H40Si. The summed E-state index contributed by atoms with van der Waals surface area (Å²) in [4.78, 5) is 0. The lowest BCUT2D eigenvalue weighted by Crippen LogP contribution is -2.45. The maximum Gasteiger partial charge on any atom is 0.0626 e. The highest BCUT2D eigenvalue weighted by Crippen LogP contribution is 2.59. The average Bonchev–Trinajstić information content (AvgIpc) is 3.16. The third-order valence-corrected chi connectivity index (χ3v) is 11.8. The Hall–Kier alpha value is 0.217. The van der Waals surface area contributed by atoms with Crippen LogP contribution >= 0.6 is 0 Å². The lowest BCUT2D eigenvalue weighted by Gasteiger charge is -2.42. The number of hydrogen-bond donors (Lipinski definition) is 0. The predicted molar refractivity (Wildman–Crippen MR) is 121 cm³/mol. The molecule has 0 aromatic heterocycles. The standard InChI is InChI=1S/C26H40Si/c1-16(2)24-13-10-17(3)14-25(24)22-11-12-23(15-22)27(8,9)26-20(6)18(4)19(5)21(26)7/h11-12,15-17,24-25H,10,13-14H2,1-9H3/t17-,24+,25-/m1/s1. The van der Waals surface area contributed by atoms with Gasteiger partial charge in [0.15, 0.2) is 0 Å². The molecular weight excluding hydrogens is 340 g/mol.